The van der Waals surface area contributed by atoms with Crippen LogP contribution in [0.2, 0.25) is 0 Å². The van der Waals surface area contributed by atoms with Gasteiger partial charge in [0.15, 0.2) is 0 Å². The van der Waals surface area contributed by atoms with Gasteiger partial charge in [0.1, 0.15) is 11.6 Å². The van der Waals surface area contributed by atoms with E-state index in [0.29, 0.717) is 31.0 Å². The van der Waals surface area contributed by atoms with Crippen LogP contribution in [0.1, 0.15) is 23.1 Å². The molecule has 110 valence electrons. The van der Waals surface area contributed by atoms with E-state index in [2.05, 4.69) is 31.2 Å². The number of rotatable bonds is 3. The number of halogens is 2. The molecule has 2 aromatic rings. The van der Waals surface area contributed by atoms with E-state index in [1.54, 1.807) is 24.5 Å². The van der Waals surface area contributed by atoms with E-state index in [1.165, 1.54) is 0 Å². The summed E-state index contributed by atoms with van der Waals surface area (Å²) < 4.78 is 20.7. The smallest absolute Gasteiger partial charge is 0.132 e. The average molecular weight is 352 g/mol. The summed E-state index contributed by atoms with van der Waals surface area (Å²) in [5.74, 6) is 0.355. The Kier molecular flexibility index (Phi) is 4.57. The van der Waals surface area contributed by atoms with Gasteiger partial charge in [0.2, 0.25) is 0 Å². The summed E-state index contributed by atoms with van der Waals surface area (Å²) >= 11 is 3.28. The Morgan fingerprint density at radius 2 is 2.14 bits per heavy atom. The van der Waals surface area contributed by atoms with E-state index in [1.807, 2.05) is 6.07 Å². The third-order valence-corrected chi connectivity index (χ3v) is 3.81. The van der Waals surface area contributed by atoms with Gasteiger partial charge in [-0.25, -0.2) is 14.4 Å². The zero-order chi connectivity index (χ0) is 14.7. The molecular formula is C15H15BrFN3O. The van der Waals surface area contributed by atoms with Gasteiger partial charge in [-0.2, -0.15) is 0 Å². The molecule has 4 nitrogen and oxygen atoms in total. The van der Waals surface area contributed by atoms with E-state index in [-0.39, 0.29) is 11.9 Å². The molecule has 6 heteroatoms. The molecule has 1 aromatic heterocycles. The molecule has 2 heterocycles. The average Bonchev–Trinajstić information content (AvgIpc) is 2.52. The van der Waals surface area contributed by atoms with Gasteiger partial charge in [-0.3, -0.25) is 0 Å². The molecule has 0 spiro atoms. The minimum Gasteiger partial charge on any atom is -0.371 e. The highest BCUT2D eigenvalue weighted by Gasteiger charge is 2.17. The Morgan fingerprint density at radius 1 is 1.33 bits per heavy atom. The number of nitrogens with zero attached hydrogens (tertiary/aromatic N) is 2. The first-order chi connectivity index (χ1) is 10.2. The highest BCUT2D eigenvalue weighted by atomic mass is 79.9. The van der Waals surface area contributed by atoms with Crippen molar-refractivity contribution < 1.29 is 9.13 Å². The summed E-state index contributed by atoms with van der Waals surface area (Å²) in [6, 6.07) is 5.24. The second-order valence-electron chi connectivity index (χ2n) is 4.91. The predicted molar refractivity (Wildman–Crippen MR) is 80.5 cm³/mol. The Hall–Kier alpha value is -1.37. The molecule has 21 heavy (non-hydrogen) atoms. The first kappa shape index (κ1) is 14.6. The van der Waals surface area contributed by atoms with Crippen LogP contribution < -0.4 is 5.32 Å². The summed E-state index contributed by atoms with van der Waals surface area (Å²) in [7, 11) is 0. The first-order valence-corrected chi connectivity index (χ1v) is 7.59. The number of ether oxygens (including phenoxy) is 1. The number of hydrogen-bond donors (Lipinski definition) is 1. The van der Waals surface area contributed by atoms with Crippen LogP contribution in [0.5, 0.6) is 0 Å². The van der Waals surface area contributed by atoms with Crippen molar-refractivity contribution in [3.8, 4) is 0 Å². The fourth-order valence-electron chi connectivity index (χ4n) is 2.29. The largest absolute Gasteiger partial charge is 0.371 e. The number of hydrogen-bond acceptors (Lipinski definition) is 4. The maximum absolute atomic E-state index is 14.2. The summed E-state index contributed by atoms with van der Waals surface area (Å²) in [6.07, 6.45) is 3.63. The molecule has 1 aliphatic rings. The second-order valence-corrected chi connectivity index (χ2v) is 5.82. The van der Waals surface area contributed by atoms with Gasteiger partial charge >= 0.3 is 0 Å². The molecule has 1 aliphatic heterocycles. The lowest BCUT2D eigenvalue weighted by Gasteiger charge is -2.24. The molecular weight excluding hydrogens is 337 g/mol. The van der Waals surface area contributed by atoms with E-state index >= 15 is 0 Å². The standard InChI is InChI=1S/C15H15BrFN3O/c16-12-7-19-15(20-8-12)6-10-1-2-11(5-13(10)17)14-9-18-3-4-21-14/h1-2,5,7-8,14,18H,3-4,6,9H2/t14-/m0/s1. The second kappa shape index (κ2) is 6.60. The fourth-order valence-corrected chi connectivity index (χ4v) is 2.49. The molecule has 1 atom stereocenters. The van der Waals surface area contributed by atoms with E-state index in [0.717, 1.165) is 16.6 Å². The van der Waals surface area contributed by atoms with Crippen LogP contribution in [0.4, 0.5) is 4.39 Å². The van der Waals surface area contributed by atoms with Crippen LogP contribution in [0, 0.1) is 5.82 Å². The third-order valence-electron chi connectivity index (χ3n) is 3.40. The van der Waals surface area contributed by atoms with Gasteiger partial charge in [-0.1, -0.05) is 12.1 Å². The summed E-state index contributed by atoms with van der Waals surface area (Å²) in [4.78, 5) is 8.34. The number of aromatic nitrogens is 2. The Labute approximate surface area is 130 Å². The summed E-state index contributed by atoms with van der Waals surface area (Å²) in [5, 5.41) is 3.24. The molecule has 0 saturated carbocycles. The predicted octanol–water partition coefficient (Wildman–Crippen LogP) is 2.63. The van der Waals surface area contributed by atoms with Crippen LogP contribution in [0.15, 0.2) is 35.1 Å². The molecule has 0 amide bonds. The zero-order valence-electron chi connectivity index (χ0n) is 11.4. The summed E-state index contributed by atoms with van der Waals surface area (Å²) in [6.45, 7) is 2.22. The topological polar surface area (TPSA) is 47.0 Å². The Morgan fingerprint density at radius 3 is 2.81 bits per heavy atom. The van der Waals surface area contributed by atoms with E-state index in [9.17, 15) is 4.39 Å². The maximum atomic E-state index is 14.2. The van der Waals surface area contributed by atoms with Crippen molar-refractivity contribution in [1.29, 1.82) is 0 Å². The van der Waals surface area contributed by atoms with Crippen molar-refractivity contribution in [3.05, 3.63) is 57.8 Å². The first-order valence-electron chi connectivity index (χ1n) is 6.79. The lowest BCUT2D eigenvalue weighted by Crippen LogP contribution is -2.33. The molecule has 1 saturated heterocycles. The van der Waals surface area contributed by atoms with E-state index < -0.39 is 0 Å². The lowest BCUT2D eigenvalue weighted by atomic mass is 10.0. The van der Waals surface area contributed by atoms with Gasteiger partial charge in [0, 0.05) is 31.9 Å². The minimum atomic E-state index is -0.242. The molecule has 3 rings (SSSR count). The van der Waals surface area contributed by atoms with Gasteiger partial charge < -0.3 is 10.1 Å². The number of morpholine rings is 1. The maximum Gasteiger partial charge on any atom is 0.132 e. The molecule has 1 N–H and O–H groups in total. The van der Waals surface area contributed by atoms with Gasteiger partial charge in [0.25, 0.3) is 0 Å². The van der Waals surface area contributed by atoms with Crippen molar-refractivity contribution in [2.24, 2.45) is 0 Å². The van der Waals surface area contributed by atoms with Gasteiger partial charge in [-0.15, -0.1) is 0 Å². The molecule has 0 unspecified atom stereocenters. The molecule has 1 aromatic carbocycles. The Bertz CT molecular complexity index is 615. The minimum absolute atomic E-state index is 0.0776. The zero-order valence-corrected chi connectivity index (χ0v) is 12.9. The van der Waals surface area contributed by atoms with Crippen LogP contribution in [-0.2, 0) is 11.2 Å². The van der Waals surface area contributed by atoms with Crippen LogP contribution in [-0.4, -0.2) is 29.7 Å². The van der Waals surface area contributed by atoms with E-state index in [4.69, 9.17) is 4.74 Å². The normalized spacial score (nSPS) is 18.7. The molecule has 0 bridgehead atoms. The molecule has 0 aliphatic carbocycles. The van der Waals surface area contributed by atoms with Crippen LogP contribution in [0.3, 0.4) is 0 Å². The highest BCUT2D eigenvalue weighted by molar-refractivity contribution is 9.10. The number of benzene rings is 1. The Balaban J connectivity index is 1.76. The third kappa shape index (κ3) is 3.64. The SMILES string of the molecule is Fc1cc([C@@H]2CNCCO2)ccc1Cc1ncc(Br)cn1. The van der Waals surface area contributed by atoms with Crippen molar-refractivity contribution in [1.82, 2.24) is 15.3 Å². The van der Waals surface area contributed by atoms with Crippen molar-refractivity contribution >= 4 is 15.9 Å². The highest BCUT2D eigenvalue weighted by Crippen LogP contribution is 2.22. The van der Waals surface area contributed by atoms with Crippen molar-refractivity contribution in [2.75, 3.05) is 19.7 Å². The van der Waals surface area contributed by atoms with Crippen LogP contribution >= 0.6 is 15.9 Å². The van der Waals surface area contributed by atoms with Gasteiger partial charge in [-0.05, 0) is 33.1 Å². The quantitative estimate of drug-likeness (QED) is 0.923. The van der Waals surface area contributed by atoms with Crippen LogP contribution in [0.25, 0.3) is 0 Å². The summed E-state index contributed by atoms with van der Waals surface area (Å²) in [5.41, 5.74) is 1.45. The lowest BCUT2D eigenvalue weighted by molar-refractivity contribution is 0.0275. The van der Waals surface area contributed by atoms with Gasteiger partial charge in [0.05, 0.1) is 17.2 Å². The number of nitrogens with one attached hydrogen (secondary N) is 1. The monoisotopic (exact) mass is 351 g/mol. The van der Waals surface area contributed by atoms with Crippen molar-refractivity contribution in [3.63, 3.8) is 0 Å². The van der Waals surface area contributed by atoms with Crippen molar-refractivity contribution in [2.45, 2.75) is 12.5 Å². The fraction of sp³-hybridized carbons (Fsp3) is 0.333. The molecule has 1 fully saturated rings. The molecule has 0 radical (unpaired) electrons.